The van der Waals surface area contributed by atoms with E-state index >= 15 is 0 Å². The summed E-state index contributed by atoms with van der Waals surface area (Å²) in [6.45, 7) is 1.68. The summed E-state index contributed by atoms with van der Waals surface area (Å²) in [6.07, 6.45) is 0.253. The monoisotopic (exact) mass is 219 g/mol. The van der Waals surface area contributed by atoms with Crippen molar-refractivity contribution in [1.82, 2.24) is 5.32 Å². The number of nitriles is 1. The van der Waals surface area contributed by atoms with Gasteiger partial charge in [0.1, 0.15) is 5.92 Å². The molecule has 0 rings (SSSR count). The van der Waals surface area contributed by atoms with Crippen molar-refractivity contribution < 1.29 is 13.2 Å². The molecular formula is C7H13N3O3S. The van der Waals surface area contributed by atoms with Crippen molar-refractivity contribution in [3.63, 3.8) is 0 Å². The topological polar surface area (TPSA) is 113 Å². The lowest BCUT2D eigenvalue weighted by Gasteiger charge is -2.04. The van der Waals surface area contributed by atoms with Gasteiger partial charge in [0.05, 0.1) is 11.8 Å². The van der Waals surface area contributed by atoms with Gasteiger partial charge in [-0.1, -0.05) is 0 Å². The van der Waals surface area contributed by atoms with Gasteiger partial charge in [-0.15, -0.1) is 0 Å². The zero-order chi connectivity index (χ0) is 11.2. The molecule has 1 unspecified atom stereocenters. The standard InChI is InChI=1S/C7H13N3O3S/c1-6(5-8)7(11)10-3-2-4-14(9,12)13/h6H,2-4H2,1H3,(H,10,11)(H2,9,12,13). The molecule has 0 aliphatic rings. The summed E-state index contributed by atoms with van der Waals surface area (Å²) in [4.78, 5) is 11.0. The first-order valence-electron chi connectivity index (χ1n) is 4.04. The Labute approximate surface area is 83.1 Å². The van der Waals surface area contributed by atoms with Crippen molar-refractivity contribution in [2.75, 3.05) is 12.3 Å². The van der Waals surface area contributed by atoms with E-state index in [-0.39, 0.29) is 18.7 Å². The van der Waals surface area contributed by atoms with E-state index < -0.39 is 21.8 Å². The average molecular weight is 219 g/mol. The highest BCUT2D eigenvalue weighted by Crippen LogP contribution is 1.91. The maximum Gasteiger partial charge on any atom is 0.237 e. The van der Waals surface area contributed by atoms with Crippen molar-refractivity contribution in [2.24, 2.45) is 11.1 Å². The molecule has 3 N–H and O–H groups in total. The third-order valence-corrected chi connectivity index (χ3v) is 2.35. The number of amides is 1. The molecule has 0 aromatic rings. The number of hydrogen-bond donors (Lipinski definition) is 2. The molecule has 0 bridgehead atoms. The highest BCUT2D eigenvalue weighted by atomic mass is 32.2. The van der Waals surface area contributed by atoms with Crippen molar-refractivity contribution in [2.45, 2.75) is 13.3 Å². The van der Waals surface area contributed by atoms with E-state index in [2.05, 4.69) is 5.32 Å². The summed E-state index contributed by atoms with van der Waals surface area (Å²) in [5.74, 6) is -1.29. The van der Waals surface area contributed by atoms with Gasteiger partial charge in [-0.05, 0) is 13.3 Å². The van der Waals surface area contributed by atoms with Crippen molar-refractivity contribution in [1.29, 1.82) is 5.26 Å². The Kier molecular flexibility index (Phi) is 5.12. The minimum absolute atomic E-state index is 0.172. The van der Waals surface area contributed by atoms with Gasteiger partial charge in [0.15, 0.2) is 0 Å². The maximum absolute atomic E-state index is 11.0. The third-order valence-electron chi connectivity index (χ3n) is 1.49. The fourth-order valence-corrected chi connectivity index (χ4v) is 1.24. The van der Waals surface area contributed by atoms with Gasteiger partial charge in [0.2, 0.25) is 15.9 Å². The van der Waals surface area contributed by atoms with Crippen LogP contribution in [0.4, 0.5) is 0 Å². The Hall–Kier alpha value is -1.13. The number of primary sulfonamides is 1. The molecule has 1 amide bonds. The van der Waals surface area contributed by atoms with E-state index in [0.29, 0.717) is 0 Å². The molecule has 0 radical (unpaired) electrons. The number of nitrogens with two attached hydrogens (primary N) is 1. The first kappa shape index (κ1) is 12.9. The second-order valence-corrected chi connectivity index (χ2v) is 4.60. The Morgan fingerprint density at radius 3 is 2.64 bits per heavy atom. The Bertz CT molecular complexity index is 331. The van der Waals surface area contributed by atoms with E-state index in [1.165, 1.54) is 6.92 Å². The molecule has 0 aromatic carbocycles. The SMILES string of the molecule is CC(C#N)C(=O)NCCCS(N)(=O)=O. The molecule has 0 saturated heterocycles. The van der Waals surface area contributed by atoms with E-state index in [4.69, 9.17) is 10.4 Å². The lowest BCUT2D eigenvalue weighted by atomic mass is 10.2. The smallest absolute Gasteiger partial charge is 0.237 e. The van der Waals surface area contributed by atoms with Crippen LogP contribution in [0.2, 0.25) is 0 Å². The Morgan fingerprint density at radius 1 is 1.64 bits per heavy atom. The van der Waals surface area contributed by atoms with Gasteiger partial charge in [-0.3, -0.25) is 4.79 Å². The largest absolute Gasteiger partial charge is 0.355 e. The van der Waals surface area contributed by atoms with E-state index in [1.807, 2.05) is 0 Å². The highest BCUT2D eigenvalue weighted by molar-refractivity contribution is 7.89. The van der Waals surface area contributed by atoms with E-state index in [1.54, 1.807) is 6.07 Å². The average Bonchev–Trinajstić information content (AvgIpc) is 2.09. The molecule has 0 aromatic heterocycles. The van der Waals surface area contributed by atoms with Crippen LogP contribution in [0.5, 0.6) is 0 Å². The molecule has 0 aliphatic heterocycles. The van der Waals surface area contributed by atoms with Gasteiger partial charge < -0.3 is 5.32 Å². The van der Waals surface area contributed by atoms with Crippen LogP contribution in [-0.4, -0.2) is 26.6 Å². The van der Waals surface area contributed by atoms with Crippen molar-refractivity contribution in [3.05, 3.63) is 0 Å². The molecule has 0 spiro atoms. The van der Waals surface area contributed by atoms with Gasteiger partial charge in [-0.2, -0.15) is 5.26 Å². The van der Waals surface area contributed by atoms with Crippen molar-refractivity contribution in [3.8, 4) is 6.07 Å². The second kappa shape index (κ2) is 5.57. The minimum Gasteiger partial charge on any atom is -0.355 e. The number of nitrogens with one attached hydrogen (secondary N) is 1. The molecule has 0 aliphatic carbocycles. The number of nitrogens with zero attached hydrogens (tertiary/aromatic N) is 1. The molecule has 0 fully saturated rings. The number of hydrogen-bond acceptors (Lipinski definition) is 4. The molecule has 0 heterocycles. The van der Waals surface area contributed by atoms with Crippen LogP contribution in [-0.2, 0) is 14.8 Å². The minimum atomic E-state index is -3.46. The van der Waals surface area contributed by atoms with Crippen LogP contribution in [0.25, 0.3) is 0 Å². The fourth-order valence-electron chi connectivity index (χ4n) is 0.697. The fraction of sp³-hybridized carbons (Fsp3) is 0.714. The Morgan fingerprint density at radius 2 is 2.21 bits per heavy atom. The summed E-state index contributed by atoms with van der Waals surface area (Å²) in [7, 11) is -3.46. The maximum atomic E-state index is 11.0. The van der Waals surface area contributed by atoms with Crippen LogP contribution in [0.15, 0.2) is 0 Å². The van der Waals surface area contributed by atoms with Crippen LogP contribution in [0, 0.1) is 17.2 Å². The molecule has 1 atom stereocenters. The number of sulfonamides is 1. The lowest BCUT2D eigenvalue weighted by Crippen LogP contribution is -2.30. The molecule has 80 valence electrons. The molecular weight excluding hydrogens is 206 g/mol. The third kappa shape index (κ3) is 6.39. The zero-order valence-corrected chi connectivity index (χ0v) is 8.67. The summed E-state index contributed by atoms with van der Waals surface area (Å²) >= 11 is 0. The molecule has 7 heteroatoms. The van der Waals surface area contributed by atoms with Gasteiger partial charge in [-0.25, -0.2) is 13.6 Å². The summed E-state index contributed by atoms with van der Waals surface area (Å²) < 4.78 is 21.0. The predicted octanol–water partition coefficient (Wildman–Crippen LogP) is -1.06. The number of rotatable bonds is 5. The first-order valence-corrected chi connectivity index (χ1v) is 5.76. The Balaban J connectivity index is 3.67. The van der Waals surface area contributed by atoms with Crippen LogP contribution >= 0.6 is 0 Å². The number of carbonyl (C=O) groups excluding carboxylic acids is 1. The van der Waals surface area contributed by atoms with E-state index in [9.17, 15) is 13.2 Å². The van der Waals surface area contributed by atoms with Crippen LogP contribution in [0.3, 0.4) is 0 Å². The normalized spacial score (nSPS) is 12.9. The molecule has 6 nitrogen and oxygen atoms in total. The summed E-state index contributed by atoms with van der Waals surface area (Å²) in [5.41, 5.74) is 0. The van der Waals surface area contributed by atoms with Crippen molar-refractivity contribution >= 4 is 15.9 Å². The quantitative estimate of drug-likeness (QED) is 0.574. The number of carbonyl (C=O) groups is 1. The van der Waals surface area contributed by atoms with Crippen LogP contribution in [0.1, 0.15) is 13.3 Å². The first-order chi connectivity index (χ1) is 6.37. The highest BCUT2D eigenvalue weighted by Gasteiger charge is 2.10. The lowest BCUT2D eigenvalue weighted by molar-refractivity contribution is -0.122. The second-order valence-electron chi connectivity index (χ2n) is 2.86. The molecule has 14 heavy (non-hydrogen) atoms. The van der Waals surface area contributed by atoms with Gasteiger partial charge >= 0.3 is 0 Å². The summed E-state index contributed by atoms with van der Waals surface area (Å²) in [6, 6.07) is 1.77. The zero-order valence-electron chi connectivity index (χ0n) is 7.86. The molecule has 0 saturated carbocycles. The predicted molar refractivity (Wildman–Crippen MR) is 50.4 cm³/mol. The summed E-state index contributed by atoms with van der Waals surface area (Å²) in [5, 5.41) is 15.5. The van der Waals surface area contributed by atoms with Gasteiger partial charge in [0.25, 0.3) is 0 Å². The van der Waals surface area contributed by atoms with Crippen LogP contribution < -0.4 is 10.5 Å². The van der Waals surface area contributed by atoms with Gasteiger partial charge in [0, 0.05) is 6.54 Å². The van der Waals surface area contributed by atoms with E-state index in [0.717, 1.165) is 0 Å².